The highest BCUT2D eigenvalue weighted by Crippen LogP contribution is 2.24. The van der Waals surface area contributed by atoms with E-state index in [1.165, 1.54) is 0 Å². The van der Waals surface area contributed by atoms with Gasteiger partial charge in [-0.15, -0.1) is 15.3 Å². The fourth-order valence-electron chi connectivity index (χ4n) is 3.44. The minimum Gasteiger partial charge on any atom is -0.467 e. The number of nitrogens with zero attached hydrogens (tertiary/aromatic N) is 6. The fraction of sp³-hybridized carbons (Fsp3) is 0.444. The van der Waals surface area contributed by atoms with E-state index >= 15 is 0 Å². The van der Waals surface area contributed by atoms with Crippen LogP contribution in [0.15, 0.2) is 34.9 Å². The largest absolute Gasteiger partial charge is 0.467 e. The number of carbonyl (C=O) groups excluding carboxylic acids is 1. The minimum absolute atomic E-state index is 0.0478. The van der Waals surface area contributed by atoms with Gasteiger partial charge in [0.05, 0.1) is 12.8 Å². The highest BCUT2D eigenvalue weighted by Gasteiger charge is 2.28. The summed E-state index contributed by atoms with van der Waals surface area (Å²) in [5.74, 6) is 2.70. The Labute approximate surface area is 151 Å². The van der Waals surface area contributed by atoms with Crippen molar-refractivity contribution in [3.63, 3.8) is 0 Å². The number of piperidine rings is 1. The van der Waals surface area contributed by atoms with Gasteiger partial charge in [0.25, 0.3) is 0 Å². The molecule has 3 aromatic heterocycles. The van der Waals surface area contributed by atoms with Gasteiger partial charge in [-0.3, -0.25) is 4.79 Å². The highest BCUT2D eigenvalue weighted by molar-refractivity contribution is 5.78. The molecule has 136 valence electrons. The van der Waals surface area contributed by atoms with Crippen LogP contribution in [0.4, 0.5) is 5.82 Å². The Hall–Kier alpha value is -2.90. The maximum absolute atomic E-state index is 12.7. The number of amides is 1. The molecule has 1 aliphatic rings. The summed E-state index contributed by atoms with van der Waals surface area (Å²) < 4.78 is 7.09. The molecule has 1 amide bonds. The van der Waals surface area contributed by atoms with Gasteiger partial charge in [-0.1, -0.05) is 0 Å². The van der Waals surface area contributed by atoms with E-state index in [1.807, 2.05) is 38.2 Å². The van der Waals surface area contributed by atoms with E-state index in [9.17, 15) is 4.79 Å². The van der Waals surface area contributed by atoms with Crippen molar-refractivity contribution in [3.8, 4) is 0 Å². The average molecular weight is 354 g/mol. The fourth-order valence-corrected chi connectivity index (χ4v) is 3.44. The van der Waals surface area contributed by atoms with E-state index in [0.717, 1.165) is 49.0 Å². The summed E-state index contributed by atoms with van der Waals surface area (Å²) in [5, 5.41) is 12.7. The molecule has 0 aromatic carbocycles. The predicted molar refractivity (Wildman–Crippen MR) is 95.6 cm³/mol. The standard InChI is InChI=1S/C18H22N6O2/c1-13-19-20-16-5-6-17(21-24(13)16)23-9-7-14(8-10-23)18(25)22(2)12-15-4-3-11-26-15/h3-6,11,14H,7-10,12H2,1-2H3. The van der Waals surface area contributed by atoms with Crippen molar-refractivity contribution in [3.05, 3.63) is 42.1 Å². The first-order valence-electron chi connectivity index (χ1n) is 8.83. The van der Waals surface area contributed by atoms with Crippen LogP contribution in [0.5, 0.6) is 0 Å². The van der Waals surface area contributed by atoms with E-state index in [1.54, 1.807) is 15.7 Å². The van der Waals surface area contributed by atoms with Crippen molar-refractivity contribution in [2.75, 3.05) is 25.0 Å². The molecule has 0 bridgehead atoms. The van der Waals surface area contributed by atoms with Crippen LogP contribution in [0.3, 0.4) is 0 Å². The first kappa shape index (κ1) is 16.6. The molecule has 8 heteroatoms. The topological polar surface area (TPSA) is 79.8 Å². The second kappa shape index (κ2) is 6.78. The van der Waals surface area contributed by atoms with Crippen LogP contribution in [0.1, 0.15) is 24.4 Å². The molecule has 26 heavy (non-hydrogen) atoms. The molecule has 0 spiro atoms. The average Bonchev–Trinajstić information content (AvgIpc) is 3.31. The summed E-state index contributed by atoms with van der Waals surface area (Å²) in [6, 6.07) is 7.62. The van der Waals surface area contributed by atoms with E-state index in [-0.39, 0.29) is 11.8 Å². The minimum atomic E-state index is 0.0478. The number of hydrogen-bond donors (Lipinski definition) is 0. The Kier molecular flexibility index (Phi) is 4.32. The van der Waals surface area contributed by atoms with E-state index in [4.69, 9.17) is 4.42 Å². The number of fused-ring (bicyclic) bond motifs is 1. The molecule has 1 aliphatic heterocycles. The molecular weight excluding hydrogens is 332 g/mol. The molecule has 0 unspecified atom stereocenters. The molecule has 3 aromatic rings. The van der Waals surface area contributed by atoms with Crippen LogP contribution in [0.25, 0.3) is 5.65 Å². The summed E-state index contributed by atoms with van der Waals surface area (Å²) in [6.07, 6.45) is 3.28. The van der Waals surface area contributed by atoms with Gasteiger partial charge in [-0.25, -0.2) is 0 Å². The van der Waals surface area contributed by atoms with Gasteiger partial charge in [0.1, 0.15) is 11.6 Å². The third-order valence-electron chi connectivity index (χ3n) is 4.92. The Balaban J connectivity index is 1.38. The normalized spacial score (nSPS) is 15.5. The van der Waals surface area contributed by atoms with Gasteiger partial charge >= 0.3 is 0 Å². The number of rotatable bonds is 4. The number of aromatic nitrogens is 4. The van der Waals surface area contributed by atoms with Gasteiger partial charge in [0.2, 0.25) is 5.91 Å². The maximum atomic E-state index is 12.7. The van der Waals surface area contributed by atoms with Crippen LogP contribution < -0.4 is 4.90 Å². The summed E-state index contributed by atoms with van der Waals surface area (Å²) in [4.78, 5) is 16.7. The second-order valence-corrected chi connectivity index (χ2v) is 6.74. The highest BCUT2D eigenvalue weighted by atomic mass is 16.3. The van der Waals surface area contributed by atoms with Gasteiger partial charge < -0.3 is 14.2 Å². The number of carbonyl (C=O) groups is 1. The van der Waals surface area contributed by atoms with Crippen LogP contribution in [-0.2, 0) is 11.3 Å². The Morgan fingerprint density at radius 2 is 2.08 bits per heavy atom. The van der Waals surface area contributed by atoms with Crippen molar-refractivity contribution in [1.82, 2.24) is 24.7 Å². The van der Waals surface area contributed by atoms with Gasteiger partial charge in [0, 0.05) is 26.1 Å². The number of anilines is 1. The molecule has 1 saturated heterocycles. The summed E-state index contributed by atoms with van der Waals surface area (Å²) in [6.45, 7) is 4.02. The Bertz CT molecular complexity index is 896. The first-order valence-corrected chi connectivity index (χ1v) is 8.83. The molecule has 4 rings (SSSR count). The number of furan rings is 1. The Morgan fingerprint density at radius 3 is 2.81 bits per heavy atom. The van der Waals surface area contributed by atoms with Crippen molar-refractivity contribution in [2.45, 2.75) is 26.3 Å². The number of hydrogen-bond acceptors (Lipinski definition) is 6. The smallest absolute Gasteiger partial charge is 0.225 e. The van der Waals surface area contributed by atoms with Gasteiger partial charge in [-0.05, 0) is 44.0 Å². The first-order chi connectivity index (χ1) is 12.6. The molecule has 0 aliphatic carbocycles. The van der Waals surface area contributed by atoms with Crippen LogP contribution >= 0.6 is 0 Å². The van der Waals surface area contributed by atoms with Gasteiger partial charge in [0.15, 0.2) is 11.5 Å². The monoisotopic (exact) mass is 354 g/mol. The quantitative estimate of drug-likeness (QED) is 0.712. The van der Waals surface area contributed by atoms with Crippen LogP contribution in [0.2, 0.25) is 0 Å². The van der Waals surface area contributed by atoms with E-state index in [0.29, 0.717) is 6.54 Å². The third-order valence-corrected chi connectivity index (χ3v) is 4.92. The van der Waals surface area contributed by atoms with Gasteiger partial charge in [-0.2, -0.15) is 4.52 Å². The summed E-state index contributed by atoms with van der Waals surface area (Å²) in [7, 11) is 1.83. The number of aryl methyl sites for hydroxylation is 1. The zero-order chi connectivity index (χ0) is 18.1. The summed E-state index contributed by atoms with van der Waals surface area (Å²) >= 11 is 0. The molecule has 0 saturated carbocycles. The lowest BCUT2D eigenvalue weighted by atomic mass is 9.95. The lowest BCUT2D eigenvalue weighted by Crippen LogP contribution is -2.41. The van der Waals surface area contributed by atoms with Crippen molar-refractivity contribution < 1.29 is 9.21 Å². The SMILES string of the molecule is Cc1nnc2ccc(N3CCC(C(=O)N(C)Cc4ccco4)CC3)nn12. The summed E-state index contributed by atoms with van der Waals surface area (Å²) in [5.41, 5.74) is 0.746. The van der Waals surface area contributed by atoms with E-state index in [2.05, 4.69) is 20.2 Å². The molecule has 1 fully saturated rings. The lowest BCUT2D eigenvalue weighted by molar-refractivity contribution is -0.135. The van der Waals surface area contributed by atoms with Crippen molar-refractivity contribution in [1.29, 1.82) is 0 Å². The lowest BCUT2D eigenvalue weighted by Gasteiger charge is -2.33. The zero-order valence-electron chi connectivity index (χ0n) is 15.0. The Morgan fingerprint density at radius 1 is 1.27 bits per heavy atom. The third kappa shape index (κ3) is 3.14. The zero-order valence-corrected chi connectivity index (χ0v) is 15.0. The van der Waals surface area contributed by atoms with Crippen molar-refractivity contribution >= 4 is 17.4 Å². The molecule has 0 atom stereocenters. The molecule has 0 radical (unpaired) electrons. The van der Waals surface area contributed by atoms with Crippen LogP contribution in [-0.4, -0.2) is 50.8 Å². The predicted octanol–water partition coefficient (Wildman–Crippen LogP) is 1.90. The van der Waals surface area contributed by atoms with Crippen LogP contribution in [0, 0.1) is 12.8 Å². The molecule has 0 N–H and O–H groups in total. The molecule has 4 heterocycles. The maximum Gasteiger partial charge on any atom is 0.225 e. The van der Waals surface area contributed by atoms with E-state index < -0.39 is 0 Å². The second-order valence-electron chi connectivity index (χ2n) is 6.74. The van der Waals surface area contributed by atoms with Crippen molar-refractivity contribution in [2.24, 2.45) is 5.92 Å². The molecule has 8 nitrogen and oxygen atoms in total. The molecular formula is C18H22N6O2.